The van der Waals surface area contributed by atoms with Crippen LogP contribution in [-0.4, -0.2) is 30.1 Å². The molecule has 1 aliphatic carbocycles. The number of carbonyl (C=O) groups excluding carboxylic acids is 1. The Morgan fingerprint density at radius 3 is 2.47 bits per heavy atom. The maximum absolute atomic E-state index is 12.0. The fraction of sp³-hybridized carbons (Fsp3) is 0.533. The van der Waals surface area contributed by atoms with Crippen LogP contribution in [0.1, 0.15) is 18.4 Å². The van der Waals surface area contributed by atoms with Crippen LogP contribution in [0.15, 0.2) is 30.3 Å². The molecule has 1 saturated carbocycles. The van der Waals surface area contributed by atoms with Crippen LogP contribution < -0.4 is 5.73 Å². The zero-order valence-corrected chi connectivity index (χ0v) is 11.0. The van der Waals surface area contributed by atoms with E-state index in [0.717, 1.165) is 31.5 Å². The number of nitrogens with two attached hydrogens (primary N) is 1. The minimum atomic E-state index is -0.196. The van der Waals surface area contributed by atoms with Crippen molar-refractivity contribution in [3.8, 4) is 0 Å². The van der Waals surface area contributed by atoms with Crippen molar-refractivity contribution < 1.29 is 9.53 Å². The predicted octanol–water partition coefficient (Wildman–Crippen LogP) is 1.99. The van der Waals surface area contributed by atoms with E-state index in [1.165, 1.54) is 0 Å². The third kappa shape index (κ3) is 2.73. The molecular weight excluding hydrogens is 240 g/mol. The van der Waals surface area contributed by atoms with Gasteiger partial charge in [0.2, 0.25) is 0 Å². The largest absolute Gasteiger partial charge is 0.445 e. The van der Waals surface area contributed by atoms with Crippen molar-refractivity contribution in [3.63, 3.8) is 0 Å². The van der Waals surface area contributed by atoms with Gasteiger partial charge < -0.3 is 15.4 Å². The molecule has 1 heterocycles. The molecule has 3 rings (SSSR count). The second-order valence-electron chi connectivity index (χ2n) is 5.51. The van der Waals surface area contributed by atoms with E-state index in [2.05, 4.69) is 0 Å². The maximum Gasteiger partial charge on any atom is 0.410 e. The predicted molar refractivity (Wildman–Crippen MR) is 72.4 cm³/mol. The van der Waals surface area contributed by atoms with Crippen LogP contribution in [0.3, 0.4) is 0 Å². The van der Waals surface area contributed by atoms with E-state index in [1.54, 1.807) is 0 Å². The van der Waals surface area contributed by atoms with Gasteiger partial charge >= 0.3 is 6.09 Å². The number of nitrogens with zero attached hydrogens (tertiary/aromatic N) is 1. The fourth-order valence-corrected chi connectivity index (χ4v) is 3.00. The number of fused-ring (bicyclic) bond motifs is 1. The van der Waals surface area contributed by atoms with Gasteiger partial charge in [0.1, 0.15) is 6.61 Å². The number of likely N-dealkylation sites (tertiary alicyclic amines) is 1. The first-order valence-corrected chi connectivity index (χ1v) is 6.97. The third-order valence-corrected chi connectivity index (χ3v) is 4.33. The first-order chi connectivity index (χ1) is 9.25. The van der Waals surface area contributed by atoms with Crippen LogP contribution >= 0.6 is 0 Å². The Kier molecular flexibility index (Phi) is 3.42. The van der Waals surface area contributed by atoms with Crippen LogP contribution in [0.4, 0.5) is 4.79 Å². The average molecular weight is 260 g/mol. The number of hydrogen-bond acceptors (Lipinski definition) is 3. The van der Waals surface area contributed by atoms with Gasteiger partial charge in [-0.05, 0) is 30.2 Å². The van der Waals surface area contributed by atoms with Gasteiger partial charge in [0.05, 0.1) is 0 Å². The van der Waals surface area contributed by atoms with Gasteiger partial charge in [-0.25, -0.2) is 4.79 Å². The Hall–Kier alpha value is -1.55. The van der Waals surface area contributed by atoms with Gasteiger partial charge in [-0.2, -0.15) is 0 Å². The average Bonchev–Trinajstić information content (AvgIpc) is 3.12. The summed E-state index contributed by atoms with van der Waals surface area (Å²) >= 11 is 0. The van der Waals surface area contributed by atoms with E-state index in [0.29, 0.717) is 24.5 Å². The number of carbonyl (C=O) groups is 1. The molecule has 1 aromatic carbocycles. The lowest BCUT2D eigenvalue weighted by atomic mass is 10.2. The summed E-state index contributed by atoms with van der Waals surface area (Å²) in [6.07, 6.45) is 1.84. The second-order valence-corrected chi connectivity index (χ2v) is 5.51. The van der Waals surface area contributed by atoms with Crippen LogP contribution in [0.5, 0.6) is 0 Å². The monoisotopic (exact) mass is 260 g/mol. The summed E-state index contributed by atoms with van der Waals surface area (Å²) in [6.45, 7) is 1.91. The molecule has 4 nitrogen and oxygen atoms in total. The summed E-state index contributed by atoms with van der Waals surface area (Å²) in [5.41, 5.74) is 6.99. The zero-order valence-electron chi connectivity index (χ0n) is 11.0. The lowest BCUT2D eigenvalue weighted by Crippen LogP contribution is -2.33. The third-order valence-electron chi connectivity index (χ3n) is 4.33. The SMILES string of the molecule is N[C@@H]1[C@H]2CCN(C(=O)OCc3ccccc3)CC[C@@H]12. The van der Waals surface area contributed by atoms with Crippen LogP contribution in [-0.2, 0) is 11.3 Å². The molecule has 0 unspecified atom stereocenters. The van der Waals surface area contributed by atoms with E-state index in [9.17, 15) is 4.79 Å². The van der Waals surface area contributed by atoms with Crippen molar-refractivity contribution in [2.45, 2.75) is 25.5 Å². The Morgan fingerprint density at radius 1 is 1.21 bits per heavy atom. The minimum Gasteiger partial charge on any atom is -0.445 e. The number of ether oxygens (including phenoxy) is 1. The van der Waals surface area contributed by atoms with E-state index >= 15 is 0 Å². The summed E-state index contributed by atoms with van der Waals surface area (Å²) in [4.78, 5) is 13.8. The molecule has 19 heavy (non-hydrogen) atoms. The van der Waals surface area contributed by atoms with Crippen LogP contribution in [0.2, 0.25) is 0 Å². The molecule has 0 spiro atoms. The maximum atomic E-state index is 12.0. The lowest BCUT2D eigenvalue weighted by molar-refractivity contribution is 0.0962. The van der Waals surface area contributed by atoms with Crippen molar-refractivity contribution in [2.24, 2.45) is 17.6 Å². The summed E-state index contributed by atoms with van der Waals surface area (Å²) in [5.74, 6) is 1.26. The molecule has 2 N–H and O–H groups in total. The van der Waals surface area contributed by atoms with Crippen molar-refractivity contribution >= 4 is 6.09 Å². The van der Waals surface area contributed by atoms with Gasteiger partial charge in [-0.15, -0.1) is 0 Å². The molecule has 4 heteroatoms. The molecule has 1 aliphatic heterocycles. The van der Waals surface area contributed by atoms with E-state index in [1.807, 2.05) is 35.2 Å². The smallest absolute Gasteiger partial charge is 0.410 e. The summed E-state index contributed by atoms with van der Waals surface area (Å²) in [7, 11) is 0. The molecule has 0 aromatic heterocycles. The molecule has 3 atom stereocenters. The molecule has 2 aliphatic rings. The number of hydrogen-bond donors (Lipinski definition) is 1. The summed E-state index contributed by atoms with van der Waals surface area (Å²) in [6, 6.07) is 10.2. The zero-order chi connectivity index (χ0) is 13.2. The molecule has 0 radical (unpaired) electrons. The van der Waals surface area contributed by atoms with Gasteiger partial charge in [0.25, 0.3) is 0 Å². The number of benzene rings is 1. The van der Waals surface area contributed by atoms with Crippen LogP contribution in [0.25, 0.3) is 0 Å². The Balaban J connectivity index is 1.48. The van der Waals surface area contributed by atoms with Crippen molar-refractivity contribution in [1.82, 2.24) is 4.90 Å². The van der Waals surface area contributed by atoms with Gasteiger partial charge in [-0.1, -0.05) is 30.3 Å². The molecule has 0 bridgehead atoms. The van der Waals surface area contributed by atoms with Crippen LogP contribution in [0, 0.1) is 11.8 Å². The van der Waals surface area contributed by atoms with E-state index in [4.69, 9.17) is 10.5 Å². The lowest BCUT2D eigenvalue weighted by Gasteiger charge is -2.20. The number of rotatable bonds is 2. The fourth-order valence-electron chi connectivity index (χ4n) is 3.00. The van der Waals surface area contributed by atoms with Crippen molar-refractivity contribution in [1.29, 1.82) is 0 Å². The Morgan fingerprint density at radius 2 is 1.84 bits per heavy atom. The molecule has 1 amide bonds. The quantitative estimate of drug-likeness (QED) is 0.884. The van der Waals surface area contributed by atoms with Gasteiger partial charge in [0, 0.05) is 19.1 Å². The van der Waals surface area contributed by atoms with Gasteiger partial charge in [0.15, 0.2) is 0 Å². The Bertz CT molecular complexity index is 435. The van der Waals surface area contributed by atoms with E-state index < -0.39 is 0 Å². The summed E-state index contributed by atoms with van der Waals surface area (Å²) < 4.78 is 5.36. The molecule has 102 valence electrons. The highest BCUT2D eigenvalue weighted by Crippen LogP contribution is 2.44. The minimum absolute atomic E-state index is 0.196. The summed E-state index contributed by atoms with van der Waals surface area (Å²) in [5, 5.41) is 0. The molecular formula is C15H20N2O2. The molecule has 1 saturated heterocycles. The first kappa shape index (κ1) is 12.5. The van der Waals surface area contributed by atoms with Crippen molar-refractivity contribution in [3.05, 3.63) is 35.9 Å². The van der Waals surface area contributed by atoms with Crippen molar-refractivity contribution in [2.75, 3.05) is 13.1 Å². The highest BCUT2D eigenvalue weighted by atomic mass is 16.6. The highest BCUT2D eigenvalue weighted by molar-refractivity contribution is 5.67. The highest BCUT2D eigenvalue weighted by Gasteiger charge is 2.48. The topological polar surface area (TPSA) is 55.6 Å². The molecule has 1 aromatic rings. The Labute approximate surface area is 113 Å². The van der Waals surface area contributed by atoms with Gasteiger partial charge in [-0.3, -0.25) is 0 Å². The standard InChI is InChI=1S/C15H20N2O2/c16-14-12-6-8-17(9-7-13(12)14)15(18)19-10-11-4-2-1-3-5-11/h1-5,12-14H,6-10,16H2/t12-,13+,14+. The normalized spacial score (nSPS) is 29.3. The number of amides is 1. The second kappa shape index (κ2) is 5.21. The first-order valence-electron chi connectivity index (χ1n) is 6.97. The van der Waals surface area contributed by atoms with E-state index in [-0.39, 0.29) is 6.09 Å². The molecule has 2 fully saturated rings.